The molecule has 0 amide bonds. The van der Waals surface area contributed by atoms with Gasteiger partial charge in [0.25, 0.3) is 0 Å². The third-order valence-corrected chi connectivity index (χ3v) is 1.96. The number of benzene rings is 1. The molecule has 0 radical (unpaired) electrons. The zero-order chi connectivity index (χ0) is 9.90. The molecule has 5 heteroatoms. The van der Waals surface area contributed by atoms with Crippen LogP contribution in [0.25, 0.3) is 0 Å². The minimum atomic E-state index is -1.71. The quantitative estimate of drug-likeness (QED) is 0.619. The lowest BCUT2D eigenvalue weighted by atomic mass is 10.1. The molecule has 1 aromatic rings. The van der Waals surface area contributed by atoms with E-state index < -0.39 is 11.0 Å². The fourth-order valence-corrected chi connectivity index (χ4v) is 1.12. The molecule has 78 valence electrons. The highest BCUT2D eigenvalue weighted by molar-refractivity contribution is 6.33. The van der Waals surface area contributed by atoms with E-state index in [0.29, 0.717) is 0 Å². The second kappa shape index (κ2) is 5.20. The number of hydrogen-bond donors (Lipinski definition) is 2. The maximum Gasteiger partial charge on any atom is 0.339 e. The van der Waals surface area contributed by atoms with Gasteiger partial charge in [-0.1, -0.05) is 41.9 Å². The third kappa shape index (κ3) is 3.54. The van der Waals surface area contributed by atoms with Gasteiger partial charge in [0.2, 0.25) is 0 Å². The standard InChI is InChI=1S/C9H10ClNO2.ClH/c10-9(11,8(12)13)6-7-4-2-1-3-5-7;/h1-5H,6,11H2,(H,12,13);1H/t9-;/m0./s1. The molecule has 0 spiro atoms. The summed E-state index contributed by atoms with van der Waals surface area (Å²) < 4.78 is 0. The maximum atomic E-state index is 10.6. The molecule has 14 heavy (non-hydrogen) atoms. The number of rotatable bonds is 3. The van der Waals surface area contributed by atoms with Crippen LogP contribution < -0.4 is 5.73 Å². The summed E-state index contributed by atoms with van der Waals surface area (Å²) in [7, 11) is 0. The van der Waals surface area contributed by atoms with Gasteiger partial charge >= 0.3 is 5.97 Å². The van der Waals surface area contributed by atoms with Gasteiger partial charge in [-0.3, -0.25) is 0 Å². The highest BCUT2D eigenvalue weighted by Crippen LogP contribution is 2.15. The fraction of sp³-hybridized carbons (Fsp3) is 0.222. The van der Waals surface area contributed by atoms with Crippen LogP contribution in [0.4, 0.5) is 0 Å². The highest BCUT2D eigenvalue weighted by atomic mass is 35.5. The van der Waals surface area contributed by atoms with E-state index in [2.05, 4.69) is 0 Å². The lowest BCUT2D eigenvalue weighted by Gasteiger charge is -2.15. The average Bonchev–Trinajstić information content (AvgIpc) is 2.05. The molecule has 0 heterocycles. The molecular formula is C9H11Cl2NO2. The second-order valence-electron chi connectivity index (χ2n) is 2.83. The fourth-order valence-electron chi connectivity index (χ4n) is 0.969. The van der Waals surface area contributed by atoms with Crippen LogP contribution in [-0.2, 0) is 11.2 Å². The van der Waals surface area contributed by atoms with Crippen molar-refractivity contribution in [2.45, 2.75) is 11.4 Å². The molecular weight excluding hydrogens is 225 g/mol. The minimum Gasteiger partial charge on any atom is -0.479 e. The zero-order valence-corrected chi connectivity index (χ0v) is 8.89. The molecule has 1 atom stereocenters. The summed E-state index contributed by atoms with van der Waals surface area (Å²) in [5.41, 5.74) is 6.17. The average molecular weight is 236 g/mol. The number of carboxylic acids is 1. The van der Waals surface area contributed by atoms with Crippen LogP contribution in [0.3, 0.4) is 0 Å². The molecule has 3 N–H and O–H groups in total. The Bertz CT molecular complexity index is 301. The third-order valence-electron chi connectivity index (χ3n) is 1.66. The summed E-state index contributed by atoms with van der Waals surface area (Å²) in [6.07, 6.45) is 0.116. The lowest BCUT2D eigenvalue weighted by Crippen LogP contribution is -2.44. The molecule has 0 saturated heterocycles. The summed E-state index contributed by atoms with van der Waals surface area (Å²) in [6, 6.07) is 9.03. The van der Waals surface area contributed by atoms with Crippen LogP contribution in [0.1, 0.15) is 5.56 Å². The molecule has 0 aliphatic rings. The van der Waals surface area contributed by atoms with Crippen LogP contribution >= 0.6 is 24.0 Å². The number of carbonyl (C=O) groups is 1. The molecule has 3 nitrogen and oxygen atoms in total. The highest BCUT2D eigenvalue weighted by Gasteiger charge is 2.30. The van der Waals surface area contributed by atoms with E-state index in [1.54, 1.807) is 12.1 Å². The Hall–Kier alpha value is -0.770. The summed E-state index contributed by atoms with van der Waals surface area (Å²) in [5.74, 6) is -1.21. The van der Waals surface area contributed by atoms with Gasteiger partial charge in [0.15, 0.2) is 5.00 Å². The van der Waals surface area contributed by atoms with E-state index in [4.69, 9.17) is 22.4 Å². The van der Waals surface area contributed by atoms with Crippen molar-refractivity contribution < 1.29 is 9.90 Å². The predicted molar refractivity (Wildman–Crippen MR) is 57.8 cm³/mol. The van der Waals surface area contributed by atoms with Crippen LogP contribution in [0.15, 0.2) is 30.3 Å². The Morgan fingerprint density at radius 3 is 2.36 bits per heavy atom. The largest absolute Gasteiger partial charge is 0.479 e. The first kappa shape index (κ1) is 13.2. The van der Waals surface area contributed by atoms with Crippen molar-refractivity contribution in [3.8, 4) is 0 Å². The van der Waals surface area contributed by atoms with Gasteiger partial charge in [0, 0.05) is 6.42 Å². The predicted octanol–water partition coefficient (Wildman–Crippen LogP) is 1.63. The van der Waals surface area contributed by atoms with Crippen molar-refractivity contribution in [2.24, 2.45) is 5.73 Å². The van der Waals surface area contributed by atoms with Gasteiger partial charge in [-0.25, -0.2) is 4.79 Å². The van der Waals surface area contributed by atoms with Crippen molar-refractivity contribution >= 4 is 30.0 Å². The monoisotopic (exact) mass is 235 g/mol. The first-order valence-corrected chi connectivity index (χ1v) is 4.15. The number of halogens is 2. The summed E-state index contributed by atoms with van der Waals surface area (Å²) in [4.78, 5) is 8.86. The lowest BCUT2D eigenvalue weighted by molar-refractivity contribution is -0.140. The maximum absolute atomic E-state index is 10.6. The van der Waals surface area contributed by atoms with E-state index >= 15 is 0 Å². The number of nitrogens with two attached hydrogens (primary N) is 1. The molecule has 0 bridgehead atoms. The smallest absolute Gasteiger partial charge is 0.339 e. The van der Waals surface area contributed by atoms with E-state index in [-0.39, 0.29) is 18.8 Å². The van der Waals surface area contributed by atoms with Crippen molar-refractivity contribution in [2.75, 3.05) is 0 Å². The number of hydrogen-bond acceptors (Lipinski definition) is 2. The van der Waals surface area contributed by atoms with Crippen molar-refractivity contribution in [3.63, 3.8) is 0 Å². The molecule has 1 aromatic carbocycles. The number of aliphatic carboxylic acids is 1. The van der Waals surface area contributed by atoms with E-state index in [1.807, 2.05) is 18.2 Å². The van der Waals surface area contributed by atoms with Crippen LogP contribution in [0, 0.1) is 0 Å². The Morgan fingerprint density at radius 1 is 1.43 bits per heavy atom. The van der Waals surface area contributed by atoms with Gasteiger partial charge in [0.05, 0.1) is 0 Å². The number of alkyl halides is 1. The first-order valence-electron chi connectivity index (χ1n) is 3.77. The summed E-state index contributed by atoms with van der Waals surface area (Å²) in [5, 5.41) is 8.65. The molecule has 0 aliphatic heterocycles. The molecule has 0 fully saturated rings. The summed E-state index contributed by atoms with van der Waals surface area (Å²) >= 11 is 5.58. The van der Waals surface area contributed by atoms with E-state index in [0.717, 1.165) is 5.56 Å². The Labute approximate surface area is 93.3 Å². The first-order chi connectivity index (χ1) is 6.02. The SMILES string of the molecule is Cl.N[C@@](Cl)(Cc1ccccc1)C(=O)O. The Balaban J connectivity index is 0.00000169. The molecule has 0 aromatic heterocycles. The van der Waals surface area contributed by atoms with Crippen LogP contribution in [0.2, 0.25) is 0 Å². The molecule has 0 aliphatic carbocycles. The van der Waals surface area contributed by atoms with Crippen LogP contribution in [0.5, 0.6) is 0 Å². The van der Waals surface area contributed by atoms with Crippen LogP contribution in [-0.4, -0.2) is 16.1 Å². The number of carboxylic acid groups (broad SMARTS) is 1. The molecule has 1 rings (SSSR count). The molecule has 0 saturated carbocycles. The molecule has 0 unspecified atom stereocenters. The van der Waals surface area contributed by atoms with Crippen molar-refractivity contribution in [1.82, 2.24) is 0 Å². The zero-order valence-electron chi connectivity index (χ0n) is 7.31. The van der Waals surface area contributed by atoms with Gasteiger partial charge < -0.3 is 10.8 Å². The van der Waals surface area contributed by atoms with Gasteiger partial charge in [-0.2, -0.15) is 0 Å². The van der Waals surface area contributed by atoms with E-state index in [9.17, 15) is 4.79 Å². The second-order valence-corrected chi connectivity index (χ2v) is 3.50. The Kier molecular flexibility index (Phi) is 4.91. The van der Waals surface area contributed by atoms with E-state index in [1.165, 1.54) is 0 Å². The van der Waals surface area contributed by atoms with Gasteiger partial charge in [-0.05, 0) is 5.56 Å². The normalized spacial score (nSPS) is 13.9. The van der Waals surface area contributed by atoms with Crippen molar-refractivity contribution in [3.05, 3.63) is 35.9 Å². The minimum absolute atomic E-state index is 0. The Morgan fingerprint density at radius 2 is 1.93 bits per heavy atom. The summed E-state index contributed by atoms with van der Waals surface area (Å²) in [6.45, 7) is 0. The van der Waals surface area contributed by atoms with Gasteiger partial charge in [0.1, 0.15) is 0 Å². The van der Waals surface area contributed by atoms with Crippen molar-refractivity contribution in [1.29, 1.82) is 0 Å². The topological polar surface area (TPSA) is 63.3 Å². The van der Waals surface area contributed by atoms with Gasteiger partial charge in [-0.15, -0.1) is 12.4 Å².